The van der Waals surface area contributed by atoms with Crippen molar-refractivity contribution < 1.29 is 23.0 Å². The van der Waals surface area contributed by atoms with Gasteiger partial charge in [0.15, 0.2) is 11.5 Å². The van der Waals surface area contributed by atoms with Crippen molar-refractivity contribution in [2.75, 3.05) is 7.11 Å². The average molecular weight is 327 g/mol. The van der Waals surface area contributed by atoms with Crippen LogP contribution in [0, 0.1) is 6.92 Å². The van der Waals surface area contributed by atoms with Crippen LogP contribution in [0.5, 0.6) is 11.5 Å². The van der Waals surface area contributed by atoms with Crippen molar-refractivity contribution in [1.29, 1.82) is 0 Å². The van der Waals surface area contributed by atoms with Gasteiger partial charge in [-0.1, -0.05) is 0 Å². The first kappa shape index (κ1) is 16.2. The number of rotatable bonds is 6. The molecule has 0 fully saturated rings. The van der Waals surface area contributed by atoms with Crippen LogP contribution in [0.25, 0.3) is 0 Å². The molecule has 22 heavy (non-hydrogen) atoms. The number of hydrogen-bond acceptors (Lipinski definition) is 4. The summed E-state index contributed by atoms with van der Waals surface area (Å²) in [5, 5.41) is 4.74. The molecule has 1 N–H and O–H groups in total. The zero-order valence-corrected chi connectivity index (χ0v) is 12.9. The molecule has 7 heteroatoms. The maximum absolute atomic E-state index is 12.3. The normalized spacial score (nSPS) is 10.6. The standard InChI is InChI=1S/C15H15F2NO3S/c1-9-5-6-22-13(9)8-18-14(19)10-3-4-11(21-15(16)17)12(7-10)20-2/h3-7,15H,8H2,1-2H3,(H,18,19). The van der Waals surface area contributed by atoms with Gasteiger partial charge in [-0.05, 0) is 42.1 Å². The first-order valence-electron chi connectivity index (χ1n) is 6.45. The molecular weight excluding hydrogens is 312 g/mol. The van der Waals surface area contributed by atoms with E-state index in [0.29, 0.717) is 12.1 Å². The molecule has 0 saturated carbocycles. The number of carbonyl (C=O) groups excluding carboxylic acids is 1. The number of benzene rings is 1. The SMILES string of the molecule is COc1cc(C(=O)NCc2sccc2C)ccc1OC(F)F. The molecule has 1 aromatic carbocycles. The Hall–Kier alpha value is -2.15. The van der Waals surface area contributed by atoms with Crippen molar-refractivity contribution in [2.24, 2.45) is 0 Å². The number of nitrogens with one attached hydrogen (secondary N) is 1. The molecule has 0 aliphatic heterocycles. The molecule has 0 aliphatic carbocycles. The van der Waals surface area contributed by atoms with Crippen LogP contribution in [0.2, 0.25) is 0 Å². The molecule has 0 aliphatic rings. The van der Waals surface area contributed by atoms with E-state index in [1.54, 1.807) is 11.3 Å². The lowest BCUT2D eigenvalue weighted by molar-refractivity contribution is -0.0512. The fourth-order valence-corrected chi connectivity index (χ4v) is 2.70. The molecule has 2 rings (SSSR count). The van der Waals surface area contributed by atoms with Crippen LogP contribution in [0.4, 0.5) is 8.78 Å². The van der Waals surface area contributed by atoms with E-state index in [2.05, 4.69) is 10.1 Å². The number of alkyl halides is 2. The Morgan fingerprint density at radius 2 is 2.09 bits per heavy atom. The van der Waals surface area contributed by atoms with Crippen molar-refractivity contribution in [1.82, 2.24) is 5.32 Å². The molecule has 2 aromatic rings. The highest BCUT2D eigenvalue weighted by Crippen LogP contribution is 2.29. The van der Waals surface area contributed by atoms with Crippen molar-refractivity contribution in [3.63, 3.8) is 0 Å². The van der Waals surface area contributed by atoms with E-state index in [0.717, 1.165) is 10.4 Å². The van der Waals surface area contributed by atoms with Crippen molar-refractivity contribution in [3.8, 4) is 11.5 Å². The van der Waals surface area contributed by atoms with Gasteiger partial charge in [0.05, 0.1) is 13.7 Å². The zero-order valence-electron chi connectivity index (χ0n) is 12.1. The number of thiophene rings is 1. The second-order valence-electron chi connectivity index (χ2n) is 4.45. The summed E-state index contributed by atoms with van der Waals surface area (Å²) in [5.41, 5.74) is 1.43. The fourth-order valence-electron chi connectivity index (χ4n) is 1.85. The zero-order chi connectivity index (χ0) is 16.1. The van der Waals surface area contributed by atoms with E-state index in [9.17, 15) is 13.6 Å². The third kappa shape index (κ3) is 3.94. The molecule has 0 radical (unpaired) electrons. The Morgan fingerprint density at radius 1 is 1.32 bits per heavy atom. The highest BCUT2D eigenvalue weighted by Gasteiger charge is 2.14. The van der Waals surface area contributed by atoms with E-state index in [1.165, 1.54) is 25.3 Å². The molecule has 1 aromatic heterocycles. The molecule has 0 saturated heterocycles. The summed E-state index contributed by atoms with van der Waals surface area (Å²) < 4.78 is 33.8. The lowest BCUT2D eigenvalue weighted by Crippen LogP contribution is -2.22. The maximum Gasteiger partial charge on any atom is 0.387 e. The van der Waals surface area contributed by atoms with Gasteiger partial charge in [-0.25, -0.2) is 0 Å². The van der Waals surface area contributed by atoms with Gasteiger partial charge in [0, 0.05) is 10.4 Å². The highest BCUT2D eigenvalue weighted by molar-refractivity contribution is 7.10. The number of amides is 1. The highest BCUT2D eigenvalue weighted by atomic mass is 32.1. The van der Waals surface area contributed by atoms with Gasteiger partial charge in [-0.15, -0.1) is 11.3 Å². The van der Waals surface area contributed by atoms with E-state index < -0.39 is 6.61 Å². The van der Waals surface area contributed by atoms with E-state index in [1.807, 2.05) is 18.4 Å². The average Bonchev–Trinajstić information content (AvgIpc) is 2.90. The minimum atomic E-state index is -2.95. The van der Waals surface area contributed by atoms with Crippen molar-refractivity contribution in [2.45, 2.75) is 20.1 Å². The molecule has 0 unspecified atom stereocenters. The molecule has 0 atom stereocenters. The smallest absolute Gasteiger partial charge is 0.387 e. The number of aryl methyl sites for hydroxylation is 1. The minimum absolute atomic E-state index is 0.0836. The van der Waals surface area contributed by atoms with Crippen LogP contribution in [0.3, 0.4) is 0 Å². The lowest BCUT2D eigenvalue weighted by Gasteiger charge is -2.11. The molecule has 1 heterocycles. The van der Waals surface area contributed by atoms with E-state index in [-0.39, 0.29) is 17.4 Å². The first-order chi connectivity index (χ1) is 10.5. The Kier molecular flexibility index (Phi) is 5.32. The molecule has 4 nitrogen and oxygen atoms in total. The Bertz CT molecular complexity index is 658. The number of hydrogen-bond donors (Lipinski definition) is 1. The van der Waals surface area contributed by atoms with Crippen LogP contribution in [-0.2, 0) is 6.54 Å². The van der Waals surface area contributed by atoms with Gasteiger partial charge >= 0.3 is 6.61 Å². The summed E-state index contributed by atoms with van der Waals surface area (Å²) in [5.74, 6) is -0.335. The van der Waals surface area contributed by atoms with Crippen LogP contribution in [0.1, 0.15) is 20.8 Å². The van der Waals surface area contributed by atoms with Gasteiger partial charge in [0.2, 0.25) is 0 Å². The Labute approximate surface area is 130 Å². The predicted octanol–water partition coefficient (Wildman–Crippen LogP) is 3.60. The maximum atomic E-state index is 12.3. The minimum Gasteiger partial charge on any atom is -0.493 e. The molecule has 118 valence electrons. The van der Waals surface area contributed by atoms with Gasteiger partial charge in [0.25, 0.3) is 5.91 Å². The van der Waals surface area contributed by atoms with Gasteiger partial charge < -0.3 is 14.8 Å². The molecule has 0 bridgehead atoms. The van der Waals surface area contributed by atoms with Gasteiger partial charge in [-0.3, -0.25) is 4.79 Å². The summed E-state index contributed by atoms with van der Waals surface area (Å²) in [4.78, 5) is 13.2. The molecule has 1 amide bonds. The van der Waals surface area contributed by atoms with Gasteiger partial charge in [-0.2, -0.15) is 8.78 Å². The van der Waals surface area contributed by atoms with Crippen molar-refractivity contribution in [3.05, 3.63) is 45.6 Å². The lowest BCUT2D eigenvalue weighted by atomic mass is 10.2. The summed E-state index contributed by atoms with van der Waals surface area (Å²) in [7, 11) is 1.32. The van der Waals surface area contributed by atoms with Crippen LogP contribution >= 0.6 is 11.3 Å². The summed E-state index contributed by atoms with van der Waals surface area (Å²) >= 11 is 1.56. The quantitative estimate of drug-likeness (QED) is 0.882. The Morgan fingerprint density at radius 3 is 2.68 bits per heavy atom. The van der Waals surface area contributed by atoms with Crippen molar-refractivity contribution >= 4 is 17.2 Å². The third-order valence-corrected chi connectivity index (χ3v) is 4.04. The third-order valence-electron chi connectivity index (χ3n) is 3.02. The second kappa shape index (κ2) is 7.22. The molecular formula is C15H15F2NO3S. The fraction of sp³-hybridized carbons (Fsp3) is 0.267. The molecule has 0 spiro atoms. The van der Waals surface area contributed by atoms with E-state index >= 15 is 0 Å². The predicted molar refractivity (Wildman–Crippen MR) is 79.9 cm³/mol. The first-order valence-corrected chi connectivity index (χ1v) is 7.33. The number of halogens is 2. The Balaban J connectivity index is 2.08. The summed E-state index contributed by atoms with van der Waals surface area (Å²) in [6.07, 6.45) is 0. The van der Waals surface area contributed by atoms with Crippen LogP contribution in [-0.4, -0.2) is 19.6 Å². The summed E-state index contributed by atoms with van der Waals surface area (Å²) in [6.45, 7) is -0.562. The number of carbonyl (C=O) groups is 1. The number of ether oxygens (including phenoxy) is 2. The van der Waals surface area contributed by atoms with Gasteiger partial charge in [0.1, 0.15) is 0 Å². The second-order valence-corrected chi connectivity index (χ2v) is 5.45. The summed E-state index contributed by atoms with van der Waals surface area (Å²) in [6, 6.07) is 6.05. The topological polar surface area (TPSA) is 47.6 Å². The van der Waals surface area contributed by atoms with Crippen LogP contribution in [0.15, 0.2) is 29.6 Å². The van der Waals surface area contributed by atoms with E-state index in [4.69, 9.17) is 4.74 Å². The monoisotopic (exact) mass is 327 g/mol. The van der Waals surface area contributed by atoms with Crippen LogP contribution < -0.4 is 14.8 Å². The largest absolute Gasteiger partial charge is 0.493 e. The number of methoxy groups -OCH3 is 1.